The van der Waals surface area contributed by atoms with Crippen LogP contribution in [-0.2, 0) is 23.0 Å². The van der Waals surface area contributed by atoms with E-state index in [1.165, 1.54) is 5.56 Å². The molecule has 28 heavy (non-hydrogen) atoms. The van der Waals surface area contributed by atoms with Crippen LogP contribution in [0.3, 0.4) is 0 Å². The third-order valence-corrected chi connectivity index (χ3v) is 7.34. The highest BCUT2D eigenvalue weighted by Crippen LogP contribution is 2.32. The maximum atomic E-state index is 13.1. The van der Waals surface area contributed by atoms with Gasteiger partial charge in [0.15, 0.2) is 5.65 Å². The van der Waals surface area contributed by atoms with Crippen molar-refractivity contribution < 1.29 is 8.42 Å². The summed E-state index contributed by atoms with van der Waals surface area (Å²) in [5.41, 5.74) is 2.91. The number of aryl methyl sites for hydroxylation is 2. The Kier molecular flexibility index (Phi) is 5.21. The van der Waals surface area contributed by atoms with Gasteiger partial charge in [-0.25, -0.2) is 18.4 Å². The molecule has 0 radical (unpaired) electrons. The quantitative estimate of drug-likeness (QED) is 0.636. The van der Waals surface area contributed by atoms with Crippen LogP contribution in [0.2, 0.25) is 0 Å². The van der Waals surface area contributed by atoms with Gasteiger partial charge in [-0.05, 0) is 49.6 Å². The van der Waals surface area contributed by atoms with E-state index in [0.29, 0.717) is 18.0 Å². The van der Waals surface area contributed by atoms with Crippen LogP contribution in [-0.4, -0.2) is 40.3 Å². The Morgan fingerprint density at radius 3 is 2.64 bits per heavy atom. The van der Waals surface area contributed by atoms with E-state index in [2.05, 4.69) is 23.4 Å². The van der Waals surface area contributed by atoms with Crippen LogP contribution in [0.15, 0.2) is 47.5 Å². The van der Waals surface area contributed by atoms with E-state index in [4.69, 9.17) is 4.98 Å². The summed E-state index contributed by atoms with van der Waals surface area (Å²) in [6.07, 6.45) is 4.56. The lowest BCUT2D eigenvalue weighted by Crippen LogP contribution is -2.29. The molecule has 3 heterocycles. The van der Waals surface area contributed by atoms with Crippen molar-refractivity contribution in [2.45, 2.75) is 50.5 Å². The standard InChI is InChI=1S/C21H26N4O2S/c1-3-6-16-8-10-18(11-9-16)28(26,27)24-14-12-17(15-24)20-23-19-7-5-13-22-21(19)25(20)4-2/h5,7-11,13,17H,3-4,6,12,14-15H2,1-2H3/t17-/m1/s1. The molecule has 1 aromatic carbocycles. The van der Waals surface area contributed by atoms with Gasteiger partial charge >= 0.3 is 0 Å². The van der Waals surface area contributed by atoms with Crippen LogP contribution < -0.4 is 0 Å². The maximum Gasteiger partial charge on any atom is 0.243 e. The summed E-state index contributed by atoms with van der Waals surface area (Å²) in [5, 5.41) is 0. The van der Waals surface area contributed by atoms with Crippen LogP contribution in [0.5, 0.6) is 0 Å². The number of pyridine rings is 1. The Balaban J connectivity index is 1.58. The van der Waals surface area contributed by atoms with Crippen LogP contribution in [0, 0.1) is 0 Å². The number of benzene rings is 1. The topological polar surface area (TPSA) is 68.1 Å². The molecule has 0 spiro atoms. The van der Waals surface area contributed by atoms with E-state index in [1.807, 2.05) is 24.3 Å². The van der Waals surface area contributed by atoms with Gasteiger partial charge in [0.25, 0.3) is 0 Å². The zero-order valence-electron chi connectivity index (χ0n) is 16.4. The van der Waals surface area contributed by atoms with E-state index >= 15 is 0 Å². The van der Waals surface area contributed by atoms with Crippen LogP contribution in [0.4, 0.5) is 0 Å². The summed E-state index contributed by atoms with van der Waals surface area (Å²) in [4.78, 5) is 9.59. The number of imidazole rings is 1. The number of fused-ring (bicyclic) bond motifs is 1. The molecule has 1 atom stereocenters. The first-order valence-electron chi connectivity index (χ1n) is 9.94. The fourth-order valence-corrected chi connectivity index (χ4v) is 5.52. The monoisotopic (exact) mass is 398 g/mol. The van der Waals surface area contributed by atoms with Crippen LogP contribution in [0.1, 0.15) is 44.0 Å². The number of hydrogen-bond acceptors (Lipinski definition) is 4. The number of nitrogens with zero attached hydrogens (tertiary/aromatic N) is 4. The van der Waals surface area contributed by atoms with Gasteiger partial charge in [-0.15, -0.1) is 0 Å². The van der Waals surface area contributed by atoms with Crippen molar-refractivity contribution >= 4 is 21.2 Å². The molecule has 7 heteroatoms. The summed E-state index contributed by atoms with van der Waals surface area (Å²) in [6, 6.07) is 11.2. The molecule has 0 unspecified atom stereocenters. The molecule has 1 fully saturated rings. The van der Waals surface area contributed by atoms with Gasteiger partial charge in [-0.1, -0.05) is 25.5 Å². The fraction of sp³-hybridized carbons (Fsp3) is 0.429. The SMILES string of the molecule is CCCc1ccc(S(=O)(=O)N2CC[C@@H](c3nc4cccnc4n3CC)C2)cc1. The zero-order valence-corrected chi connectivity index (χ0v) is 17.2. The zero-order chi connectivity index (χ0) is 19.7. The van der Waals surface area contributed by atoms with Gasteiger partial charge < -0.3 is 4.57 Å². The molecule has 2 aromatic heterocycles. The van der Waals surface area contributed by atoms with Gasteiger partial charge in [0.1, 0.15) is 11.3 Å². The van der Waals surface area contributed by atoms with Crippen LogP contribution >= 0.6 is 0 Å². The molecule has 148 valence electrons. The Morgan fingerprint density at radius 1 is 1.14 bits per heavy atom. The Morgan fingerprint density at radius 2 is 1.93 bits per heavy atom. The molecule has 3 aromatic rings. The van der Waals surface area contributed by atoms with E-state index in [-0.39, 0.29) is 5.92 Å². The van der Waals surface area contributed by atoms with Crippen molar-refractivity contribution in [3.8, 4) is 0 Å². The first-order chi connectivity index (χ1) is 13.5. The Hall–Kier alpha value is -2.25. The largest absolute Gasteiger partial charge is 0.313 e. The molecular formula is C21H26N4O2S. The summed E-state index contributed by atoms with van der Waals surface area (Å²) in [5.74, 6) is 1.02. The molecule has 0 aliphatic carbocycles. The lowest BCUT2D eigenvalue weighted by molar-refractivity contribution is 0.469. The molecule has 1 saturated heterocycles. The van der Waals surface area contributed by atoms with E-state index in [0.717, 1.165) is 42.8 Å². The predicted molar refractivity (Wildman–Crippen MR) is 110 cm³/mol. The second-order valence-electron chi connectivity index (χ2n) is 7.30. The average Bonchev–Trinajstić information content (AvgIpc) is 3.33. The maximum absolute atomic E-state index is 13.1. The van der Waals surface area contributed by atoms with E-state index in [1.54, 1.807) is 22.6 Å². The van der Waals surface area contributed by atoms with Crippen LogP contribution in [0.25, 0.3) is 11.2 Å². The highest BCUT2D eigenvalue weighted by Gasteiger charge is 2.35. The van der Waals surface area contributed by atoms with Gasteiger partial charge in [0, 0.05) is 31.7 Å². The van der Waals surface area contributed by atoms with Crippen molar-refractivity contribution in [2.24, 2.45) is 0 Å². The minimum Gasteiger partial charge on any atom is -0.313 e. The molecule has 1 aliphatic rings. The van der Waals surface area contributed by atoms with Gasteiger partial charge in [-0.3, -0.25) is 0 Å². The summed E-state index contributed by atoms with van der Waals surface area (Å²) < 4.78 is 29.9. The predicted octanol–water partition coefficient (Wildman–Crippen LogP) is 3.58. The third kappa shape index (κ3) is 3.33. The highest BCUT2D eigenvalue weighted by molar-refractivity contribution is 7.89. The summed E-state index contributed by atoms with van der Waals surface area (Å²) >= 11 is 0. The molecule has 0 amide bonds. The first-order valence-corrected chi connectivity index (χ1v) is 11.4. The van der Waals surface area contributed by atoms with Crippen molar-refractivity contribution in [3.63, 3.8) is 0 Å². The van der Waals surface area contributed by atoms with Crippen molar-refractivity contribution in [1.29, 1.82) is 0 Å². The van der Waals surface area contributed by atoms with Crippen molar-refractivity contribution in [3.05, 3.63) is 54.0 Å². The minimum atomic E-state index is -3.48. The smallest absolute Gasteiger partial charge is 0.243 e. The minimum absolute atomic E-state index is 0.0864. The Bertz CT molecular complexity index is 1070. The lowest BCUT2D eigenvalue weighted by Gasteiger charge is -2.17. The average molecular weight is 399 g/mol. The molecular weight excluding hydrogens is 372 g/mol. The van der Waals surface area contributed by atoms with Crippen molar-refractivity contribution in [2.75, 3.05) is 13.1 Å². The number of sulfonamides is 1. The van der Waals surface area contributed by atoms with E-state index < -0.39 is 10.0 Å². The fourth-order valence-electron chi connectivity index (χ4n) is 4.02. The summed E-state index contributed by atoms with van der Waals surface area (Å²) in [7, 11) is -3.48. The second kappa shape index (κ2) is 7.64. The first kappa shape index (κ1) is 19.1. The van der Waals surface area contributed by atoms with E-state index in [9.17, 15) is 8.42 Å². The van der Waals surface area contributed by atoms with Crippen molar-refractivity contribution in [1.82, 2.24) is 18.8 Å². The second-order valence-corrected chi connectivity index (χ2v) is 9.24. The van der Waals surface area contributed by atoms with Gasteiger partial charge in [-0.2, -0.15) is 4.31 Å². The summed E-state index contributed by atoms with van der Waals surface area (Å²) in [6.45, 7) is 5.94. The Labute approximate surface area is 166 Å². The molecule has 4 rings (SSSR count). The molecule has 0 saturated carbocycles. The highest BCUT2D eigenvalue weighted by atomic mass is 32.2. The molecule has 0 N–H and O–H groups in total. The number of hydrogen-bond donors (Lipinski definition) is 0. The number of rotatable bonds is 6. The molecule has 0 bridgehead atoms. The number of aromatic nitrogens is 3. The normalized spacial score (nSPS) is 18.1. The molecule has 6 nitrogen and oxygen atoms in total. The van der Waals surface area contributed by atoms with Gasteiger partial charge in [0.2, 0.25) is 10.0 Å². The molecule has 1 aliphatic heterocycles. The lowest BCUT2D eigenvalue weighted by atomic mass is 10.1. The van der Waals surface area contributed by atoms with Gasteiger partial charge in [0.05, 0.1) is 4.90 Å². The third-order valence-electron chi connectivity index (χ3n) is 5.47.